The highest BCUT2D eigenvalue weighted by Gasteiger charge is 2.47. The van der Waals surface area contributed by atoms with E-state index >= 15 is 0 Å². The second kappa shape index (κ2) is 10.9. The van der Waals surface area contributed by atoms with E-state index in [1.165, 1.54) is 18.3 Å². The van der Waals surface area contributed by atoms with Gasteiger partial charge in [0.1, 0.15) is 23.6 Å². The van der Waals surface area contributed by atoms with Crippen molar-refractivity contribution in [2.45, 2.75) is 31.8 Å². The number of sulfonamides is 1. The predicted molar refractivity (Wildman–Crippen MR) is 137 cm³/mol. The second-order valence-corrected chi connectivity index (χ2v) is 11.5. The fourth-order valence-corrected chi connectivity index (χ4v) is 6.28. The van der Waals surface area contributed by atoms with Crippen LogP contribution in [0.2, 0.25) is 0 Å². The first-order valence-corrected chi connectivity index (χ1v) is 13.4. The van der Waals surface area contributed by atoms with Crippen molar-refractivity contribution in [1.29, 1.82) is 0 Å². The summed E-state index contributed by atoms with van der Waals surface area (Å²) >= 11 is 0. The average Bonchev–Trinajstić information content (AvgIpc) is 2.88. The molecule has 1 unspecified atom stereocenters. The fraction of sp³-hybridized carbons (Fsp3) is 0.333. The van der Waals surface area contributed by atoms with Crippen molar-refractivity contribution < 1.29 is 31.1 Å². The van der Waals surface area contributed by atoms with Crippen LogP contribution in [0.15, 0.2) is 60.7 Å². The van der Waals surface area contributed by atoms with Gasteiger partial charge >= 0.3 is 0 Å². The zero-order valence-corrected chi connectivity index (χ0v) is 22.4. The highest BCUT2D eigenvalue weighted by molar-refractivity contribution is 7.89. The SMILES string of the molecule is COc1ccc(CN(Cc2ccc(OC)cc2)C2N[C@](C)(c3cc(F)c(F)cc3F)CS(=O)(=O)N2C)cc1. The largest absolute Gasteiger partial charge is 0.497 e. The van der Waals surface area contributed by atoms with Gasteiger partial charge in [-0.25, -0.2) is 21.6 Å². The van der Waals surface area contributed by atoms with Gasteiger partial charge in [0.15, 0.2) is 11.6 Å². The lowest BCUT2D eigenvalue weighted by Crippen LogP contribution is -2.68. The van der Waals surface area contributed by atoms with Gasteiger partial charge in [0.2, 0.25) is 10.0 Å². The number of rotatable bonds is 8. The molecule has 4 rings (SSSR count). The van der Waals surface area contributed by atoms with Crippen LogP contribution in [-0.4, -0.2) is 50.9 Å². The van der Waals surface area contributed by atoms with Crippen LogP contribution in [0.4, 0.5) is 13.2 Å². The number of ether oxygens (including phenoxy) is 2. The minimum absolute atomic E-state index is 0.271. The van der Waals surface area contributed by atoms with Crippen molar-refractivity contribution in [3.8, 4) is 11.5 Å². The Morgan fingerprint density at radius 2 is 1.37 bits per heavy atom. The molecule has 1 fully saturated rings. The smallest absolute Gasteiger partial charge is 0.218 e. The lowest BCUT2D eigenvalue weighted by molar-refractivity contribution is 0.0330. The Kier molecular flexibility index (Phi) is 8.03. The molecule has 7 nitrogen and oxygen atoms in total. The maximum Gasteiger partial charge on any atom is 0.218 e. The minimum Gasteiger partial charge on any atom is -0.497 e. The molecule has 1 aliphatic rings. The molecule has 1 aliphatic heterocycles. The van der Waals surface area contributed by atoms with Crippen molar-refractivity contribution in [3.05, 3.63) is 94.8 Å². The number of nitrogens with zero attached hydrogens (tertiary/aromatic N) is 2. The molecule has 3 aromatic rings. The average molecular weight is 550 g/mol. The second-order valence-electron chi connectivity index (χ2n) is 9.47. The van der Waals surface area contributed by atoms with Crippen molar-refractivity contribution in [1.82, 2.24) is 14.5 Å². The molecule has 0 aliphatic carbocycles. The third kappa shape index (κ3) is 5.80. The van der Waals surface area contributed by atoms with E-state index in [1.54, 1.807) is 38.5 Å². The molecule has 11 heteroatoms. The lowest BCUT2D eigenvalue weighted by atomic mass is 9.93. The van der Waals surface area contributed by atoms with Crippen LogP contribution >= 0.6 is 0 Å². The van der Waals surface area contributed by atoms with Crippen LogP contribution in [0.1, 0.15) is 23.6 Å². The predicted octanol–water partition coefficient (Wildman–Crippen LogP) is 4.19. The van der Waals surface area contributed by atoms with E-state index in [4.69, 9.17) is 9.47 Å². The van der Waals surface area contributed by atoms with Gasteiger partial charge in [0.05, 0.1) is 25.5 Å². The number of hydrogen-bond acceptors (Lipinski definition) is 6. The first-order valence-electron chi connectivity index (χ1n) is 11.8. The molecular weight excluding hydrogens is 519 g/mol. The Labute approximate surface area is 220 Å². The van der Waals surface area contributed by atoms with Gasteiger partial charge in [-0.1, -0.05) is 24.3 Å². The summed E-state index contributed by atoms with van der Waals surface area (Å²) in [5.41, 5.74) is -0.0736. The van der Waals surface area contributed by atoms with Crippen molar-refractivity contribution in [3.63, 3.8) is 0 Å². The lowest BCUT2D eigenvalue weighted by Gasteiger charge is -2.48. The molecule has 0 spiro atoms. The topological polar surface area (TPSA) is 71.1 Å². The molecule has 0 aromatic heterocycles. The van der Waals surface area contributed by atoms with E-state index in [1.807, 2.05) is 29.2 Å². The Hall–Kier alpha value is -3.12. The van der Waals surface area contributed by atoms with E-state index in [-0.39, 0.29) is 5.56 Å². The third-order valence-corrected chi connectivity index (χ3v) is 8.76. The standard InChI is InChI=1S/C27H30F3N3O4S/c1-27(22-13-24(29)25(30)14-23(22)28)17-38(34,35)32(2)26(31-27)33(15-18-5-9-20(36-3)10-6-18)16-19-7-11-21(37-4)12-8-19/h5-14,26,31H,15-17H2,1-4H3/t26?,27-/m0/s1. The molecule has 2 atom stereocenters. The van der Waals surface area contributed by atoms with Crippen LogP contribution in [0.25, 0.3) is 0 Å². The molecular formula is C27H30F3N3O4S. The highest BCUT2D eigenvalue weighted by atomic mass is 32.2. The molecule has 0 saturated carbocycles. The molecule has 0 amide bonds. The molecule has 0 radical (unpaired) electrons. The van der Waals surface area contributed by atoms with E-state index in [0.29, 0.717) is 36.7 Å². The molecule has 1 saturated heterocycles. The van der Waals surface area contributed by atoms with Crippen LogP contribution in [0.5, 0.6) is 11.5 Å². The van der Waals surface area contributed by atoms with Crippen LogP contribution in [0, 0.1) is 17.5 Å². The first-order chi connectivity index (χ1) is 18.0. The quantitative estimate of drug-likeness (QED) is 0.425. The number of methoxy groups -OCH3 is 2. The van der Waals surface area contributed by atoms with E-state index in [9.17, 15) is 21.6 Å². The van der Waals surface area contributed by atoms with Crippen molar-refractivity contribution >= 4 is 10.0 Å². The van der Waals surface area contributed by atoms with Gasteiger partial charge in [-0.15, -0.1) is 0 Å². The minimum atomic E-state index is -3.95. The van der Waals surface area contributed by atoms with Crippen LogP contribution in [0.3, 0.4) is 0 Å². The Bertz CT molecular complexity index is 1340. The number of nitrogens with one attached hydrogen (secondary N) is 1. The van der Waals surface area contributed by atoms with Crippen LogP contribution in [-0.2, 0) is 28.7 Å². The fourth-order valence-electron chi connectivity index (χ4n) is 4.62. The zero-order valence-electron chi connectivity index (χ0n) is 21.5. The third-order valence-electron chi connectivity index (χ3n) is 6.74. The molecule has 38 heavy (non-hydrogen) atoms. The molecule has 3 aromatic carbocycles. The van der Waals surface area contributed by atoms with Crippen molar-refractivity contribution in [2.75, 3.05) is 27.0 Å². The Morgan fingerprint density at radius 1 is 0.895 bits per heavy atom. The Balaban J connectivity index is 1.75. The molecule has 1 heterocycles. The van der Waals surface area contributed by atoms with E-state index in [0.717, 1.165) is 11.1 Å². The van der Waals surface area contributed by atoms with E-state index < -0.39 is 45.1 Å². The van der Waals surface area contributed by atoms with Crippen LogP contribution < -0.4 is 14.8 Å². The summed E-state index contributed by atoms with van der Waals surface area (Å²) in [7, 11) is 0.612. The zero-order chi connectivity index (χ0) is 27.7. The summed E-state index contributed by atoms with van der Waals surface area (Å²) < 4.78 is 81.1. The maximum atomic E-state index is 14.9. The number of halogens is 3. The number of hydrogen-bond donors (Lipinski definition) is 1. The van der Waals surface area contributed by atoms with Gasteiger partial charge in [0.25, 0.3) is 0 Å². The van der Waals surface area contributed by atoms with Gasteiger partial charge in [0, 0.05) is 31.8 Å². The molecule has 1 N–H and O–H groups in total. The van der Waals surface area contributed by atoms with Gasteiger partial charge in [-0.2, -0.15) is 4.31 Å². The summed E-state index contributed by atoms with van der Waals surface area (Å²) in [6, 6.07) is 15.8. The Morgan fingerprint density at radius 3 is 1.84 bits per heavy atom. The van der Waals surface area contributed by atoms with E-state index in [2.05, 4.69) is 5.32 Å². The number of benzene rings is 3. The summed E-state index contributed by atoms with van der Waals surface area (Å²) in [4.78, 5) is 1.87. The summed E-state index contributed by atoms with van der Waals surface area (Å²) in [5, 5.41) is 3.22. The van der Waals surface area contributed by atoms with Gasteiger partial charge in [-0.05, 0) is 48.4 Å². The monoisotopic (exact) mass is 549 g/mol. The van der Waals surface area contributed by atoms with Gasteiger partial charge < -0.3 is 9.47 Å². The first kappa shape index (κ1) is 27.9. The molecule has 204 valence electrons. The highest BCUT2D eigenvalue weighted by Crippen LogP contribution is 2.34. The summed E-state index contributed by atoms with van der Waals surface area (Å²) in [5.74, 6) is -2.84. The molecule has 0 bridgehead atoms. The normalized spacial score (nSPS) is 21.4. The van der Waals surface area contributed by atoms with Crippen molar-refractivity contribution in [2.24, 2.45) is 0 Å². The van der Waals surface area contributed by atoms with Gasteiger partial charge in [-0.3, -0.25) is 10.2 Å². The maximum absolute atomic E-state index is 14.9. The summed E-state index contributed by atoms with van der Waals surface area (Å²) in [6.45, 7) is 2.09. The summed E-state index contributed by atoms with van der Waals surface area (Å²) in [6.07, 6.45) is -0.949.